The highest BCUT2D eigenvalue weighted by Crippen LogP contribution is 2.21. The first-order chi connectivity index (χ1) is 13.8. The van der Waals surface area contributed by atoms with Crippen LogP contribution in [0.3, 0.4) is 0 Å². The number of carbonyl (C=O) groups is 1. The van der Waals surface area contributed by atoms with Gasteiger partial charge in [-0.2, -0.15) is 4.31 Å². The standard InChI is InChI=1S/C21H22N2O5S/c1-15(2)23(3)29(25,26)18-11-7-10-17(12-18)21(24)27-14-20-22-13-19(28-20)16-8-5-4-6-9-16/h4-13,15H,14H2,1-3H3. The van der Waals surface area contributed by atoms with Crippen molar-refractivity contribution in [2.75, 3.05) is 7.05 Å². The van der Waals surface area contributed by atoms with Crippen LogP contribution in [0.15, 0.2) is 70.1 Å². The zero-order chi connectivity index (χ0) is 21.0. The molecule has 0 aliphatic rings. The zero-order valence-electron chi connectivity index (χ0n) is 16.4. The molecule has 0 aliphatic heterocycles. The van der Waals surface area contributed by atoms with E-state index in [2.05, 4.69) is 4.98 Å². The normalized spacial score (nSPS) is 11.8. The second-order valence-electron chi connectivity index (χ2n) is 6.70. The Bertz CT molecular complexity index is 1090. The van der Waals surface area contributed by atoms with Gasteiger partial charge in [-0.1, -0.05) is 36.4 Å². The molecule has 1 aromatic heterocycles. The summed E-state index contributed by atoms with van der Waals surface area (Å²) in [5.74, 6) is 0.163. The molecule has 0 bridgehead atoms. The first kappa shape index (κ1) is 20.8. The lowest BCUT2D eigenvalue weighted by Crippen LogP contribution is -2.33. The number of sulfonamides is 1. The first-order valence-corrected chi connectivity index (χ1v) is 10.5. The molecule has 2 aromatic carbocycles. The van der Waals surface area contributed by atoms with E-state index >= 15 is 0 Å². The van der Waals surface area contributed by atoms with E-state index < -0.39 is 16.0 Å². The summed E-state index contributed by atoms with van der Waals surface area (Å²) in [6.45, 7) is 3.39. The van der Waals surface area contributed by atoms with Crippen molar-refractivity contribution >= 4 is 16.0 Å². The molecule has 0 amide bonds. The fourth-order valence-electron chi connectivity index (χ4n) is 2.55. The number of nitrogens with zero attached hydrogens (tertiary/aromatic N) is 2. The van der Waals surface area contributed by atoms with Gasteiger partial charge in [-0.25, -0.2) is 18.2 Å². The quantitative estimate of drug-likeness (QED) is 0.547. The fraction of sp³-hybridized carbons (Fsp3) is 0.238. The van der Waals surface area contributed by atoms with Gasteiger partial charge in [0.2, 0.25) is 15.9 Å². The third-order valence-electron chi connectivity index (χ3n) is 4.41. The molecule has 0 aliphatic carbocycles. The first-order valence-electron chi connectivity index (χ1n) is 9.04. The van der Waals surface area contributed by atoms with E-state index in [0.29, 0.717) is 5.76 Å². The van der Waals surface area contributed by atoms with Crippen molar-refractivity contribution in [3.05, 3.63) is 72.2 Å². The fourth-order valence-corrected chi connectivity index (χ4v) is 3.96. The molecule has 0 fully saturated rings. The van der Waals surface area contributed by atoms with E-state index in [0.717, 1.165) is 5.56 Å². The van der Waals surface area contributed by atoms with Gasteiger partial charge in [-0.3, -0.25) is 0 Å². The van der Waals surface area contributed by atoms with Crippen molar-refractivity contribution in [3.8, 4) is 11.3 Å². The lowest BCUT2D eigenvalue weighted by molar-refractivity contribution is 0.0438. The summed E-state index contributed by atoms with van der Waals surface area (Å²) < 4.78 is 37.3. The van der Waals surface area contributed by atoms with Gasteiger partial charge >= 0.3 is 5.97 Å². The molecular weight excluding hydrogens is 392 g/mol. The van der Waals surface area contributed by atoms with E-state index in [1.807, 2.05) is 30.3 Å². The number of hydrogen-bond donors (Lipinski definition) is 0. The Hall–Kier alpha value is -2.97. The van der Waals surface area contributed by atoms with Crippen molar-refractivity contribution in [3.63, 3.8) is 0 Å². The maximum absolute atomic E-state index is 12.6. The van der Waals surface area contributed by atoms with Crippen LogP contribution in [0, 0.1) is 0 Å². The van der Waals surface area contributed by atoms with Crippen LogP contribution in [0.4, 0.5) is 0 Å². The summed E-state index contributed by atoms with van der Waals surface area (Å²) >= 11 is 0. The van der Waals surface area contributed by atoms with Crippen LogP contribution < -0.4 is 0 Å². The molecule has 0 saturated carbocycles. The van der Waals surface area contributed by atoms with Crippen LogP contribution in [0.2, 0.25) is 0 Å². The molecule has 7 nitrogen and oxygen atoms in total. The van der Waals surface area contributed by atoms with Crippen LogP contribution in [-0.2, 0) is 21.4 Å². The number of ether oxygens (including phenoxy) is 1. The number of benzene rings is 2. The third kappa shape index (κ3) is 4.72. The predicted octanol–water partition coefficient (Wildman–Crippen LogP) is 3.73. The number of oxazole rings is 1. The minimum Gasteiger partial charge on any atom is -0.452 e. The Morgan fingerprint density at radius 3 is 2.55 bits per heavy atom. The molecule has 3 rings (SSSR count). The molecule has 0 atom stereocenters. The summed E-state index contributed by atoms with van der Waals surface area (Å²) in [6.07, 6.45) is 1.56. The Morgan fingerprint density at radius 1 is 1.14 bits per heavy atom. The van der Waals surface area contributed by atoms with Gasteiger partial charge in [0.15, 0.2) is 12.4 Å². The smallest absolute Gasteiger partial charge is 0.338 e. The molecule has 0 N–H and O–H groups in total. The highest BCUT2D eigenvalue weighted by atomic mass is 32.2. The molecular formula is C21H22N2O5S. The van der Waals surface area contributed by atoms with Crippen LogP contribution >= 0.6 is 0 Å². The number of aromatic nitrogens is 1. The number of rotatable bonds is 7. The van der Waals surface area contributed by atoms with Gasteiger partial charge in [-0.05, 0) is 32.0 Å². The van der Waals surface area contributed by atoms with Crippen molar-refractivity contribution < 1.29 is 22.4 Å². The highest BCUT2D eigenvalue weighted by Gasteiger charge is 2.24. The zero-order valence-corrected chi connectivity index (χ0v) is 17.2. The Labute approximate surface area is 170 Å². The van der Waals surface area contributed by atoms with Crippen LogP contribution in [0.5, 0.6) is 0 Å². The average molecular weight is 414 g/mol. The van der Waals surface area contributed by atoms with E-state index in [4.69, 9.17) is 9.15 Å². The Balaban J connectivity index is 1.70. The van der Waals surface area contributed by atoms with E-state index in [9.17, 15) is 13.2 Å². The minimum atomic E-state index is -3.69. The molecule has 1 heterocycles. The van der Waals surface area contributed by atoms with Crippen LogP contribution in [0.25, 0.3) is 11.3 Å². The molecule has 0 radical (unpaired) electrons. The highest BCUT2D eigenvalue weighted by molar-refractivity contribution is 7.89. The van der Waals surface area contributed by atoms with Gasteiger partial charge < -0.3 is 9.15 Å². The second-order valence-corrected chi connectivity index (χ2v) is 8.70. The monoisotopic (exact) mass is 414 g/mol. The second kappa shape index (κ2) is 8.59. The van der Waals surface area contributed by atoms with Gasteiger partial charge in [0.25, 0.3) is 0 Å². The van der Waals surface area contributed by atoms with Crippen LogP contribution in [-0.4, -0.2) is 36.8 Å². The Morgan fingerprint density at radius 2 is 1.86 bits per heavy atom. The third-order valence-corrected chi connectivity index (χ3v) is 6.44. The van der Waals surface area contributed by atoms with Gasteiger partial charge in [0.05, 0.1) is 16.7 Å². The summed E-state index contributed by atoms with van der Waals surface area (Å²) in [5, 5.41) is 0. The maximum atomic E-state index is 12.6. The molecule has 8 heteroatoms. The van der Waals surface area contributed by atoms with E-state index in [-0.39, 0.29) is 29.0 Å². The Kier molecular flexibility index (Phi) is 6.14. The molecule has 0 unspecified atom stereocenters. The number of esters is 1. The van der Waals surface area contributed by atoms with Crippen molar-refractivity contribution in [1.29, 1.82) is 0 Å². The summed E-state index contributed by atoms with van der Waals surface area (Å²) in [4.78, 5) is 16.5. The largest absolute Gasteiger partial charge is 0.452 e. The topological polar surface area (TPSA) is 89.7 Å². The summed E-state index contributed by atoms with van der Waals surface area (Å²) in [6, 6.07) is 15.0. The number of hydrogen-bond acceptors (Lipinski definition) is 6. The van der Waals surface area contributed by atoms with Crippen molar-refractivity contribution in [2.45, 2.75) is 31.4 Å². The van der Waals surface area contributed by atoms with E-state index in [1.165, 1.54) is 35.6 Å². The average Bonchev–Trinajstić information content (AvgIpc) is 3.21. The molecule has 29 heavy (non-hydrogen) atoms. The number of carbonyl (C=O) groups excluding carboxylic acids is 1. The van der Waals surface area contributed by atoms with E-state index in [1.54, 1.807) is 20.0 Å². The molecule has 0 saturated heterocycles. The predicted molar refractivity (Wildman–Crippen MR) is 108 cm³/mol. The molecule has 152 valence electrons. The lowest BCUT2D eigenvalue weighted by atomic mass is 10.2. The van der Waals surface area contributed by atoms with Crippen LogP contribution in [0.1, 0.15) is 30.1 Å². The minimum absolute atomic E-state index is 0.0330. The van der Waals surface area contributed by atoms with Crippen molar-refractivity contribution in [2.24, 2.45) is 0 Å². The van der Waals surface area contributed by atoms with Gasteiger partial charge in [0.1, 0.15) is 0 Å². The van der Waals surface area contributed by atoms with Gasteiger partial charge in [-0.15, -0.1) is 0 Å². The molecule has 0 spiro atoms. The lowest BCUT2D eigenvalue weighted by Gasteiger charge is -2.21. The van der Waals surface area contributed by atoms with Crippen molar-refractivity contribution in [1.82, 2.24) is 9.29 Å². The summed E-state index contributed by atoms with van der Waals surface area (Å²) in [5.41, 5.74) is 1.00. The SMILES string of the molecule is CC(C)N(C)S(=O)(=O)c1cccc(C(=O)OCc2ncc(-c3ccccc3)o2)c1. The maximum Gasteiger partial charge on any atom is 0.338 e. The summed E-state index contributed by atoms with van der Waals surface area (Å²) in [7, 11) is -2.20. The molecule has 3 aromatic rings. The van der Waals surface area contributed by atoms with Gasteiger partial charge in [0, 0.05) is 18.7 Å².